The highest BCUT2D eigenvalue weighted by Crippen LogP contribution is 2.54. The molecule has 10 heteroatoms. The number of nitrogens with zero attached hydrogens (tertiary/aromatic N) is 3. The monoisotopic (exact) mass is 448 g/mol. The van der Waals surface area contributed by atoms with Crippen LogP contribution in [0.2, 0.25) is 0 Å². The van der Waals surface area contributed by atoms with Crippen LogP contribution in [0.5, 0.6) is 0 Å². The molecule has 168 valence electrons. The molecule has 0 unspecified atom stereocenters. The van der Waals surface area contributed by atoms with Crippen LogP contribution in [0, 0.1) is 18.7 Å². The summed E-state index contributed by atoms with van der Waals surface area (Å²) in [6.45, 7) is 1.70. The number of Topliss-reactive ketones (excluding diaryl/α,β-unsaturated/α-hetero) is 1. The second kappa shape index (κ2) is 6.84. The maximum absolute atomic E-state index is 13.3. The molecule has 0 spiro atoms. The molecule has 3 aliphatic rings. The number of amides is 2. The van der Waals surface area contributed by atoms with E-state index in [2.05, 4.69) is 26.0 Å². The molecule has 3 heterocycles. The average molecular weight is 448 g/mol. The minimum Gasteiger partial charge on any atom is -0.338 e. The van der Waals surface area contributed by atoms with Gasteiger partial charge in [0.05, 0.1) is 17.3 Å². The number of fused-ring (bicyclic) bond motifs is 3. The lowest BCUT2D eigenvalue weighted by atomic mass is 10.0. The third-order valence-electron chi connectivity index (χ3n) is 6.98. The Labute approximate surface area is 187 Å². The van der Waals surface area contributed by atoms with Crippen molar-refractivity contribution >= 4 is 23.3 Å². The Morgan fingerprint density at radius 3 is 2.64 bits per heavy atom. The molecule has 0 radical (unpaired) electrons. The van der Waals surface area contributed by atoms with E-state index < -0.39 is 23.0 Å². The van der Waals surface area contributed by atoms with Crippen LogP contribution in [0.25, 0.3) is 0 Å². The smallest absolute Gasteiger partial charge is 0.293 e. The molecule has 9 nitrogen and oxygen atoms in total. The van der Waals surface area contributed by atoms with Gasteiger partial charge in [0.15, 0.2) is 0 Å². The van der Waals surface area contributed by atoms with E-state index in [1.807, 2.05) is 4.57 Å². The predicted octanol–water partition coefficient (Wildman–Crippen LogP) is 2.41. The van der Waals surface area contributed by atoms with Crippen molar-refractivity contribution in [1.82, 2.24) is 25.3 Å². The van der Waals surface area contributed by atoms with Crippen molar-refractivity contribution in [3.63, 3.8) is 0 Å². The molecule has 0 saturated heterocycles. The number of anilines is 1. The van der Waals surface area contributed by atoms with E-state index >= 15 is 0 Å². The average Bonchev–Trinajstić information content (AvgIpc) is 3.58. The van der Waals surface area contributed by atoms with Crippen LogP contribution >= 0.6 is 0 Å². The van der Waals surface area contributed by atoms with Crippen molar-refractivity contribution in [2.45, 2.75) is 44.2 Å². The first-order valence-corrected chi connectivity index (χ1v) is 10.9. The number of halogens is 1. The van der Waals surface area contributed by atoms with Crippen molar-refractivity contribution in [1.29, 1.82) is 0 Å². The van der Waals surface area contributed by atoms with Gasteiger partial charge in [-0.05, 0) is 68.4 Å². The number of aromatic amines is 1. The Kier molecular flexibility index (Phi) is 4.11. The molecule has 6 rings (SSSR count). The molecule has 33 heavy (non-hydrogen) atoms. The van der Waals surface area contributed by atoms with Gasteiger partial charge < -0.3 is 15.2 Å². The molecule has 2 amide bonds. The number of carbonyl (C=O) groups excluding carboxylic acids is 3. The number of hydrogen-bond acceptors (Lipinski definition) is 5. The quantitative estimate of drug-likeness (QED) is 0.395. The van der Waals surface area contributed by atoms with Crippen molar-refractivity contribution in [3.05, 3.63) is 64.5 Å². The number of hydrogen-bond donors (Lipinski definition) is 3. The van der Waals surface area contributed by atoms with Gasteiger partial charge >= 0.3 is 0 Å². The fourth-order valence-corrected chi connectivity index (χ4v) is 5.05. The number of nitrogens with one attached hydrogen (secondary N) is 3. The number of benzene rings is 1. The van der Waals surface area contributed by atoms with Gasteiger partial charge in [0.25, 0.3) is 17.6 Å². The van der Waals surface area contributed by atoms with Gasteiger partial charge in [0.1, 0.15) is 17.2 Å². The van der Waals surface area contributed by atoms with E-state index in [4.69, 9.17) is 0 Å². The zero-order chi connectivity index (χ0) is 22.9. The third kappa shape index (κ3) is 3.08. The zero-order valence-corrected chi connectivity index (χ0v) is 17.8. The van der Waals surface area contributed by atoms with Crippen LogP contribution in [-0.4, -0.2) is 37.6 Å². The largest absolute Gasteiger partial charge is 0.338 e. The van der Waals surface area contributed by atoms with E-state index in [-0.39, 0.29) is 11.9 Å². The van der Waals surface area contributed by atoms with Crippen molar-refractivity contribution in [2.75, 3.05) is 5.32 Å². The van der Waals surface area contributed by atoms with E-state index in [1.165, 1.54) is 24.3 Å². The van der Waals surface area contributed by atoms with Gasteiger partial charge in [-0.1, -0.05) is 0 Å². The summed E-state index contributed by atoms with van der Waals surface area (Å²) >= 11 is 0. The normalized spacial score (nSPS) is 21.2. The Bertz CT molecular complexity index is 1310. The van der Waals surface area contributed by atoms with Crippen LogP contribution in [-0.2, 0) is 16.8 Å². The highest BCUT2D eigenvalue weighted by Gasteiger charge is 2.52. The molecule has 0 bridgehead atoms. The number of H-pyrrole nitrogens is 1. The standard InChI is InChI=1S/C23H21FN6O3/c1-11-18(20(31)22(33)27-23(6-7-23)17-10-25-29-28-17)16-9-12-8-15(12)30(16)19(11)21(32)26-14-4-2-13(24)3-5-14/h2-5,10,12,15H,6-9H2,1H3,(H,26,32)(H,27,33)(H,25,28,29)/t12-,15-/m1/s1. The van der Waals surface area contributed by atoms with Crippen LogP contribution < -0.4 is 10.6 Å². The number of rotatable bonds is 6. The Morgan fingerprint density at radius 2 is 1.97 bits per heavy atom. The third-order valence-corrected chi connectivity index (χ3v) is 6.98. The molecule has 2 aromatic heterocycles. The van der Waals surface area contributed by atoms with Crippen LogP contribution in [0.3, 0.4) is 0 Å². The van der Waals surface area contributed by atoms with Crippen LogP contribution in [0.4, 0.5) is 10.1 Å². The SMILES string of the molecule is Cc1c(C(=O)C(=O)NC2(c3cn[nH]n3)CC2)c2n(c1C(=O)Nc1ccc(F)cc1)[C@@H]1C[C@@H]1C2. The lowest BCUT2D eigenvalue weighted by molar-refractivity contribution is -0.118. The second-order valence-corrected chi connectivity index (χ2v) is 9.11. The summed E-state index contributed by atoms with van der Waals surface area (Å²) in [7, 11) is 0. The minimum absolute atomic E-state index is 0.169. The summed E-state index contributed by atoms with van der Waals surface area (Å²) in [6.07, 6.45) is 4.53. The maximum atomic E-state index is 13.3. The molecule has 2 aliphatic carbocycles. The molecule has 2 saturated carbocycles. The van der Waals surface area contributed by atoms with E-state index in [9.17, 15) is 18.8 Å². The number of ketones is 1. The molecular weight excluding hydrogens is 427 g/mol. The summed E-state index contributed by atoms with van der Waals surface area (Å²) in [5.74, 6) is -1.75. The van der Waals surface area contributed by atoms with Crippen molar-refractivity contribution < 1.29 is 18.8 Å². The zero-order valence-electron chi connectivity index (χ0n) is 17.8. The summed E-state index contributed by atoms with van der Waals surface area (Å²) in [6, 6.07) is 5.67. The first-order valence-electron chi connectivity index (χ1n) is 10.9. The number of aromatic nitrogens is 4. The van der Waals surface area contributed by atoms with Gasteiger partial charge in [0, 0.05) is 17.4 Å². The van der Waals surface area contributed by atoms with E-state index in [1.54, 1.807) is 13.1 Å². The van der Waals surface area contributed by atoms with Gasteiger partial charge in [-0.2, -0.15) is 15.4 Å². The number of carbonyl (C=O) groups is 3. The fraction of sp³-hybridized carbons (Fsp3) is 0.348. The van der Waals surface area contributed by atoms with E-state index in [0.29, 0.717) is 53.4 Å². The maximum Gasteiger partial charge on any atom is 0.293 e. The van der Waals surface area contributed by atoms with E-state index in [0.717, 1.165) is 12.1 Å². The Morgan fingerprint density at radius 1 is 1.21 bits per heavy atom. The first kappa shape index (κ1) is 19.8. The fourth-order valence-electron chi connectivity index (χ4n) is 5.05. The summed E-state index contributed by atoms with van der Waals surface area (Å²) in [5, 5.41) is 16.0. The topological polar surface area (TPSA) is 122 Å². The summed E-state index contributed by atoms with van der Waals surface area (Å²) in [5.41, 5.74) is 2.30. The van der Waals surface area contributed by atoms with Crippen LogP contribution in [0.1, 0.15) is 63.1 Å². The highest BCUT2D eigenvalue weighted by molar-refractivity contribution is 6.44. The lowest BCUT2D eigenvalue weighted by Crippen LogP contribution is -2.40. The lowest BCUT2D eigenvalue weighted by Gasteiger charge is -2.14. The molecule has 3 aromatic rings. The molecule has 3 N–H and O–H groups in total. The highest BCUT2D eigenvalue weighted by atomic mass is 19.1. The molecule has 2 fully saturated rings. The van der Waals surface area contributed by atoms with Gasteiger partial charge in [-0.15, -0.1) is 0 Å². The van der Waals surface area contributed by atoms with Crippen LogP contribution in [0.15, 0.2) is 30.5 Å². The van der Waals surface area contributed by atoms with Gasteiger partial charge in [0.2, 0.25) is 0 Å². The van der Waals surface area contributed by atoms with Crippen molar-refractivity contribution in [2.24, 2.45) is 5.92 Å². The molecule has 1 aromatic carbocycles. The summed E-state index contributed by atoms with van der Waals surface area (Å²) < 4.78 is 15.1. The first-order chi connectivity index (χ1) is 15.9. The van der Waals surface area contributed by atoms with Gasteiger partial charge in [-0.25, -0.2) is 4.39 Å². The Balaban J connectivity index is 1.31. The predicted molar refractivity (Wildman–Crippen MR) is 114 cm³/mol. The van der Waals surface area contributed by atoms with Crippen molar-refractivity contribution in [3.8, 4) is 0 Å². The summed E-state index contributed by atoms with van der Waals surface area (Å²) in [4.78, 5) is 39.5. The van der Waals surface area contributed by atoms with Gasteiger partial charge in [-0.3, -0.25) is 14.4 Å². The minimum atomic E-state index is -0.710. The molecule has 2 atom stereocenters. The second-order valence-electron chi connectivity index (χ2n) is 9.11. The molecular formula is C23H21FN6O3. The molecule has 1 aliphatic heterocycles. The Hall–Kier alpha value is -3.82.